The van der Waals surface area contributed by atoms with Crippen molar-refractivity contribution in [2.45, 2.75) is 6.42 Å². The second-order valence-corrected chi connectivity index (χ2v) is 5.05. The van der Waals surface area contributed by atoms with Crippen molar-refractivity contribution in [3.63, 3.8) is 0 Å². The van der Waals surface area contributed by atoms with E-state index >= 15 is 0 Å². The number of rotatable bonds is 6. The van der Waals surface area contributed by atoms with Crippen LogP contribution >= 0.6 is 0 Å². The van der Waals surface area contributed by atoms with Crippen LogP contribution in [0.4, 0.5) is 0 Å². The SMILES string of the molecule is COCC1CCN(CC=Cc2ccc(OC)cc2)C1. The first-order chi connectivity index (χ1) is 9.31. The van der Waals surface area contributed by atoms with E-state index < -0.39 is 0 Å². The molecule has 1 aromatic carbocycles. The van der Waals surface area contributed by atoms with Crippen LogP contribution in [0.1, 0.15) is 12.0 Å². The standard InChI is InChI=1S/C16H23NO2/c1-18-13-15-9-11-17(12-15)10-3-4-14-5-7-16(19-2)8-6-14/h3-8,15H,9-13H2,1-2H3. The normalized spacial score (nSPS) is 20.2. The summed E-state index contributed by atoms with van der Waals surface area (Å²) in [7, 11) is 3.47. The Bertz CT molecular complexity index is 400. The van der Waals surface area contributed by atoms with Crippen molar-refractivity contribution < 1.29 is 9.47 Å². The predicted octanol–water partition coefficient (Wildman–Crippen LogP) is 2.68. The highest BCUT2D eigenvalue weighted by molar-refractivity contribution is 5.50. The molecule has 0 radical (unpaired) electrons. The second kappa shape index (κ2) is 7.31. The highest BCUT2D eigenvalue weighted by atomic mass is 16.5. The molecule has 0 bridgehead atoms. The van der Waals surface area contributed by atoms with E-state index in [0.717, 1.165) is 25.4 Å². The van der Waals surface area contributed by atoms with Gasteiger partial charge in [-0.25, -0.2) is 0 Å². The average Bonchev–Trinajstić information content (AvgIpc) is 2.88. The molecule has 0 aromatic heterocycles. The minimum Gasteiger partial charge on any atom is -0.497 e. The lowest BCUT2D eigenvalue weighted by atomic mass is 10.1. The minimum absolute atomic E-state index is 0.708. The van der Waals surface area contributed by atoms with E-state index in [4.69, 9.17) is 9.47 Å². The summed E-state index contributed by atoms with van der Waals surface area (Å²) in [4.78, 5) is 2.48. The maximum absolute atomic E-state index is 5.21. The molecule has 0 N–H and O–H groups in total. The molecule has 104 valence electrons. The van der Waals surface area contributed by atoms with Gasteiger partial charge in [0, 0.05) is 20.2 Å². The molecule has 1 aliphatic rings. The summed E-state index contributed by atoms with van der Waals surface area (Å²) in [5.74, 6) is 1.61. The Hall–Kier alpha value is -1.32. The summed E-state index contributed by atoms with van der Waals surface area (Å²) in [5.41, 5.74) is 1.22. The van der Waals surface area contributed by atoms with E-state index in [1.165, 1.54) is 18.5 Å². The summed E-state index contributed by atoms with van der Waals surface area (Å²) in [6.45, 7) is 4.24. The molecule has 1 aliphatic heterocycles. The topological polar surface area (TPSA) is 21.7 Å². The van der Waals surface area contributed by atoms with Crippen LogP contribution in [0.3, 0.4) is 0 Å². The first kappa shape index (κ1) is 14.1. The zero-order valence-corrected chi connectivity index (χ0v) is 11.8. The van der Waals surface area contributed by atoms with Crippen molar-refractivity contribution in [3.05, 3.63) is 35.9 Å². The molecule has 1 aromatic rings. The third kappa shape index (κ3) is 4.37. The fourth-order valence-corrected chi connectivity index (χ4v) is 2.50. The highest BCUT2D eigenvalue weighted by Crippen LogP contribution is 2.16. The maximum atomic E-state index is 5.21. The zero-order valence-electron chi connectivity index (χ0n) is 11.8. The van der Waals surface area contributed by atoms with Gasteiger partial charge in [-0.1, -0.05) is 24.3 Å². The monoisotopic (exact) mass is 261 g/mol. The smallest absolute Gasteiger partial charge is 0.118 e. The maximum Gasteiger partial charge on any atom is 0.118 e. The summed E-state index contributed by atoms with van der Waals surface area (Å²) in [6, 6.07) is 8.13. The summed E-state index contributed by atoms with van der Waals surface area (Å²) in [5, 5.41) is 0. The van der Waals surface area contributed by atoms with Crippen LogP contribution < -0.4 is 4.74 Å². The van der Waals surface area contributed by atoms with Crippen molar-refractivity contribution in [3.8, 4) is 5.75 Å². The minimum atomic E-state index is 0.708. The van der Waals surface area contributed by atoms with Gasteiger partial charge in [0.2, 0.25) is 0 Å². The first-order valence-corrected chi connectivity index (χ1v) is 6.83. The van der Waals surface area contributed by atoms with Crippen LogP contribution in [-0.2, 0) is 4.74 Å². The van der Waals surface area contributed by atoms with Crippen LogP contribution in [0, 0.1) is 5.92 Å². The van der Waals surface area contributed by atoms with Crippen LogP contribution in [0.15, 0.2) is 30.3 Å². The van der Waals surface area contributed by atoms with Gasteiger partial charge < -0.3 is 9.47 Å². The van der Waals surface area contributed by atoms with E-state index in [0.29, 0.717) is 5.92 Å². The lowest BCUT2D eigenvalue weighted by molar-refractivity contribution is 0.154. The largest absolute Gasteiger partial charge is 0.497 e. The second-order valence-electron chi connectivity index (χ2n) is 5.05. The molecule has 1 saturated heterocycles. The van der Waals surface area contributed by atoms with Crippen molar-refractivity contribution in [1.29, 1.82) is 0 Å². The van der Waals surface area contributed by atoms with E-state index in [-0.39, 0.29) is 0 Å². The van der Waals surface area contributed by atoms with E-state index in [1.807, 2.05) is 12.1 Å². The summed E-state index contributed by atoms with van der Waals surface area (Å²) < 4.78 is 10.4. The van der Waals surface area contributed by atoms with Crippen LogP contribution in [0.25, 0.3) is 6.08 Å². The molecule has 0 amide bonds. The predicted molar refractivity (Wildman–Crippen MR) is 78.5 cm³/mol. The van der Waals surface area contributed by atoms with Gasteiger partial charge >= 0.3 is 0 Å². The van der Waals surface area contributed by atoms with E-state index in [1.54, 1.807) is 14.2 Å². The molecule has 3 heteroatoms. The van der Waals surface area contributed by atoms with Crippen LogP contribution in [0.5, 0.6) is 5.75 Å². The molecular formula is C16H23NO2. The Morgan fingerprint density at radius 3 is 2.74 bits per heavy atom. The number of ether oxygens (including phenoxy) is 2. The molecule has 1 fully saturated rings. The molecule has 1 unspecified atom stereocenters. The quantitative estimate of drug-likeness (QED) is 0.786. The molecule has 1 heterocycles. The molecule has 2 rings (SSSR count). The van der Waals surface area contributed by atoms with Gasteiger partial charge in [-0.2, -0.15) is 0 Å². The van der Waals surface area contributed by atoms with E-state index in [2.05, 4.69) is 29.2 Å². The molecule has 0 spiro atoms. The van der Waals surface area contributed by atoms with Gasteiger partial charge in [0.05, 0.1) is 13.7 Å². The number of benzene rings is 1. The zero-order chi connectivity index (χ0) is 13.5. The van der Waals surface area contributed by atoms with Gasteiger partial charge in [-0.3, -0.25) is 4.90 Å². The van der Waals surface area contributed by atoms with Crippen LogP contribution in [-0.4, -0.2) is 45.4 Å². The number of methoxy groups -OCH3 is 2. The van der Waals surface area contributed by atoms with Crippen LogP contribution in [0.2, 0.25) is 0 Å². The van der Waals surface area contributed by atoms with Gasteiger partial charge in [0.25, 0.3) is 0 Å². The summed E-state index contributed by atoms with van der Waals surface area (Å²) >= 11 is 0. The fourth-order valence-electron chi connectivity index (χ4n) is 2.50. The van der Waals surface area contributed by atoms with Gasteiger partial charge in [0.1, 0.15) is 5.75 Å². The molecular weight excluding hydrogens is 238 g/mol. The molecule has 0 aliphatic carbocycles. The number of likely N-dealkylation sites (tertiary alicyclic amines) is 1. The Kier molecular flexibility index (Phi) is 5.43. The van der Waals surface area contributed by atoms with Gasteiger partial charge in [-0.05, 0) is 36.6 Å². The lowest BCUT2D eigenvalue weighted by Gasteiger charge is -2.13. The van der Waals surface area contributed by atoms with Gasteiger partial charge in [-0.15, -0.1) is 0 Å². The number of hydrogen-bond acceptors (Lipinski definition) is 3. The van der Waals surface area contributed by atoms with Gasteiger partial charge in [0.15, 0.2) is 0 Å². The first-order valence-electron chi connectivity index (χ1n) is 6.83. The van der Waals surface area contributed by atoms with Crippen molar-refractivity contribution in [2.24, 2.45) is 5.92 Å². The Labute approximate surface area is 115 Å². The Morgan fingerprint density at radius 2 is 2.05 bits per heavy atom. The third-order valence-corrected chi connectivity index (χ3v) is 3.56. The molecule has 19 heavy (non-hydrogen) atoms. The van der Waals surface area contributed by atoms with E-state index in [9.17, 15) is 0 Å². The van der Waals surface area contributed by atoms with Crippen molar-refractivity contribution in [1.82, 2.24) is 4.90 Å². The Morgan fingerprint density at radius 1 is 1.26 bits per heavy atom. The summed E-state index contributed by atoms with van der Waals surface area (Å²) in [6.07, 6.45) is 5.66. The number of nitrogens with zero attached hydrogens (tertiary/aromatic N) is 1. The fraction of sp³-hybridized carbons (Fsp3) is 0.500. The molecule has 1 atom stereocenters. The molecule has 0 saturated carbocycles. The highest BCUT2D eigenvalue weighted by Gasteiger charge is 2.20. The van der Waals surface area contributed by atoms with Crippen molar-refractivity contribution in [2.75, 3.05) is 40.5 Å². The van der Waals surface area contributed by atoms with Crippen molar-refractivity contribution >= 4 is 6.08 Å². The lowest BCUT2D eigenvalue weighted by Crippen LogP contribution is -2.21. The average molecular weight is 261 g/mol. The number of hydrogen-bond donors (Lipinski definition) is 0. The molecule has 3 nitrogen and oxygen atoms in total. The third-order valence-electron chi connectivity index (χ3n) is 3.56. The Balaban J connectivity index is 1.77.